The highest BCUT2D eigenvalue weighted by atomic mass is 32.2. The van der Waals surface area contributed by atoms with Crippen LogP contribution in [-0.4, -0.2) is 52.2 Å². The van der Waals surface area contributed by atoms with E-state index >= 15 is 0 Å². The van der Waals surface area contributed by atoms with Gasteiger partial charge in [-0.25, -0.2) is 12.8 Å². The van der Waals surface area contributed by atoms with Gasteiger partial charge in [-0.2, -0.15) is 0 Å². The summed E-state index contributed by atoms with van der Waals surface area (Å²) in [6, 6.07) is 9.94. The van der Waals surface area contributed by atoms with E-state index in [1.807, 2.05) is 0 Å². The number of rotatable bonds is 9. The van der Waals surface area contributed by atoms with Crippen LogP contribution in [0.5, 0.6) is 0 Å². The maximum absolute atomic E-state index is 13.5. The minimum absolute atomic E-state index is 0.0641. The molecule has 0 saturated heterocycles. The number of hydrogen-bond acceptors (Lipinski definition) is 5. The molecule has 1 aliphatic carbocycles. The molecule has 1 atom stereocenters. The molecule has 0 spiro atoms. The van der Waals surface area contributed by atoms with Gasteiger partial charge in [0.05, 0.1) is 4.90 Å². The average molecular weight is 516 g/mol. The van der Waals surface area contributed by atoms with E-state index in [1.165, 1.54) is 30.7 Å². The van der Waals surface area contributed by atoms with Gasteiger partial charge in [0.15, 0.2) is 9.84 Å². The standard InChI is InChI=1S/C27H34FN3O4S/c1-36(34,35)23-9-5-8-21(18-23)26(32)30-24(16-19-6-3-2-4-7-19)27(33)29-13-15-31-14-12-20-17-22(28)10-11-25(20)31/h5,8-11,17-19,24H,2-4,6-7,12-16H2,1H3,(H,29,33)(H,30,32). The van der Waals surface area contributed by atoms with Crippen LogP contribution in [0.3, 0.4) is 0 Å². The minimum atomic E-state index is -3.45. The topological polar surface area (TPSA) is 95.6 Å². The lowest BCUT2D eigenvalue weighted by atomic mass is 9.84. The van der Waals surface area contributed by atoms with Crippen molar-refractivity contribution in [3.63, 3.8) is 0 Å². The third kappa shape index (κ3) is 6.63. The maximum atomic E-state index is 13.5. The van der Waals surface area contributed by atoms with Crippen LogP contribution in [0.1, 0.15) is 54.4 Å². The summed E-state index contributed by atoms with van der Waals surface area (Å²) < 4.78 is 37.3. The van der Waals surface area contributed by atoms with Crippen LogP contribution in [-0.2, 0) is 21.1 Å². The first kappa shape index (κ1) is 26.1. The first-order valence-electron chi connectivity index (χ1n) is 12.6. The normalized spacial score (nSPS) is 16.9. The number of halogens is 1. The summed E-state index contributed by atoms with van der Waals surface area (Å²) in [5.41, 5.74) is 2.17. The van der Waals surface area contributed by atoms with Crippen LogP contribution in [0.2, 0.25) is 0 Å². The molecule has 7 nitrogen and oxygen atoms in total. The first-order valence-corrected chi connectivity index (χ1v) is 14.5. The van der Waals surface area contributed by atoms with Gasteiger partial charge in [0, 0.05) is 37.1 Å². The molecule has 2 amide bonds. The fourth-order valence-corrected chi connectivity index (χ4v) is 5.87. The van der Waals surface area contributed by atoms with E-state index in [4.69, 9.17) is 0 Å². The summed E-state index contributed by atoms with van der Waals surface area (Å²) in [5.74, 6) is -0.594. The summed E-state index contributed by atoms with van der Waals surface area (Å²) in [6.45, 7) is 1.76. The van der Waals surface area contributed by atoms with Gasteiger partial charge in [-0.3, -0.25) is 9.59 Å². The number of hydrogen-bond donors (Lipinski definition) is 2. The molecule has 2 aliphatic rings. The number of fused-ring (bicyclic) bond motifs is 1. The Hall–Kier alpha value is -2.94. The summed E-state index contributed by atoms with van der Waals surface area (Å²) in [6.07, 6.45) is 7.92. The second-order valence-corrected chi connectivity index (χ2v) is 11.9. The quantitative estimate of drug-likeness (QED) is 0.533. The Morgan fingerprint density at radius 3 is 2.64 bits per heavy atom. The smallest absolute Gasteiger partial charge is 0.251 e. The fourth-order valence-electron chi connectivity index (χ4n) is 5.21. The van der Waals surface area contributed by atoms with Crippen LogP contribution in [0.25, 0.3) is 0 Å². The average Bonchev–Trinajstić information content (AvgIpc) is 3.25. The van der Waals surface area contributed by atoms with E-state index in [0.29, 0.717) is 25.4 Å². The second kappa shape index (κ2) is 11.4. The van der Waals surface area contributed by atoms with Gasteiger partial charge in [0.25, 0.3) is 5.91 Å². The third-order valence-electron chi connectivity index (χ3n) is 7.15. The van der Waals surface area contributed by atoms with E-state index in [0.717, 1.165) is 56.2 Å². The molecule has 1 fully saturated rings. The molecule has 0 bridgehead atoms. The van der Waals surface area contributed by atoms with Crippen molar-refractivity contribution >= 4 is 27.3 Å². The van der Waals surface area contributed by atoms with Gasteiger partial charge in [-0.15, -0.1) is 0 Å². The van der Waals surface area contributed by atoms with Crippen molar-refractivity contribution in [2.24, 2.45) is 5.92 Å². The lowest BCUT2D eigenvalue weighted by Gasteiger charge is -2.27. The van der Waals surface area contributed by atoms with Crippen LogP contribution in [0, 0.1) is 11.7 Å². The summed E-state index contributed by atoms with van der Waals surface area (Å²) in [4.78, 5) is 28.4. The van der Waals surface area contributed by atoms with Crippen molar-refractivity contribution < 1.29 is 22.4 Å². The molecule has 194 valence electrons. The summed E-state index contributed by atoms with van der Waals surface area (Å²) in [7, 11) is -3.45. The lowest BCUT2D eigenvalue weighted by molar-refractivity contribution is -0.123. The van der Waals surface area contributed by atoms with E-state index in [1.54, 1.807) is 18.2 Å². The van der Waals surface area contributed by atoms with Crippen LogP contribution in [0.15, 0.2) is 47.4 Å². The molecular formula is C27H34FN3O4S. The Labute approximate surface area is 212 Å². The molecule has 1 unspecified atom stereocenters. The molecular weight excluding hydrogens is 481 g/mol. The number of amides is 2. The van der Waals surface area contributed by atoms with Gasteiger partial charge in [-0.1, -0.05) is 38.2 Å². The molecule has 1 heterocycles. The highest BCUT2D eigenvalue weighted by Gasteiger charge is 2.27. The molecule has 2 aromatic carbocycles. The van der Waals surface area contributed by atoms with Crippen molar-refractivity contribution in [3.05, 3.63) is 59.4 Å². The van der Waals surface area contributed by atoms with Gasteiger partial charge in [0.2, 0.25) is 5.91 Å². The van der Waals surface area contributed by atoms with Crippen LogP contribution >= 0.6 is 0 Å². The zero-order valence-electron chi connectivity index (χ0n) is 20.6. The number of nitrogens with zero attached hydrogens (tertiary/aromatic N) is 1. The molecule has 2 aromatic rings. The number of nitrogens with one attached hydrogen (secondary N) is 2. The van der Waals surface area contributed by atoms with Crippen LogP contribution < -0.4 is 15.5 Å². The molecule has 0 aromatic heterocycles. The number of carbonyl (C=O) groups is 2. The van der Waals surface area contributed by atoms with Crippen molar-refractivity contribution in [2.45, 2.75) is 55.9 Å². The monoisotopic (exact) mass is 515 g/mol. The van der Waals surface area contributed by atoms with E-state index in [9.17, 15) is 22.4 Å². The Morgan fingerprint density at radius 2 is 1.89 bits per heavy atom. The van der Waals surface area contributed by atoms with Crippen molar-refractivity contribution in [3.8, 4) is 0 Å². The number of carbonyl (C=O) groups excluding carboxylic acids is 2. The van der Waals surface area contributed by atoms with Gasteiger partial charge in [0.1, 0.15) is 11.9 Å². The fraction of sp³-hybridized carbons (Fsp3) is 0.481. The zero-order valence-corrected chi connectivity index (χ0v) is 21.5. The Bertz CT molecular complexity index is 1210. The van der Waals surface area contributed by atoms with E-state index < -0.39 is 21.8 Å². The second-order valence-electron chi connectivity index (χ2n) is 9.87. The Morgan fingerprint density at radius 1 is 1.11 bits per heavy atom. The molecule has 1 aliphatic heterocycles. The molecule has 2 N–H and O–H groups in total. The number of benzene rings is 2. The molecule has 4 rings (SSSR count). The third-order valence-corrected chi connectivity index (χ3v) is 8.26. The Balaban J connectivity index is 1.40. The Kier molecular flexibility index (Phi) is 8.28. The highest BCUT2D eigenvalue weighted by Crippen LogP contribution is 2.29. The number of anilines is 1. The molecule has 0 radical (unpaired) electrons. The van der Waals surface area contributed by atoms with Gasteiger partial charge >= 0.3 is 0 Å². The molecule has 36 heavy (non-hydrogen) atoms. The molecule has 1 saturated carbocycles. The van der Waals surface area contributed by atoms with Crippen LogP contribution in [0.4, 0.5) is 10.1 Å². The first-order chi connectivity index (χ1) is 17.2. The summed E-state index contributed by atoms with van der Waals surface area (Å²) in [5, 5.41) is 5.83. The predicted molar refractivity (Wildman–Crippen MR) is 137 cm³/mol. The van der Waals surface area contributed by atoms with Crippen molar-refractivity contribution in [2.75, 3.05) is 30.8 Å². The van der Waals surface area contributed by atoms with Crippen molar-refractivity contribution in [1.29, 1.82) is 0 Å². The van der Waals surface area contributed by atoms with E-state index in [-0.39, 0.29) is 22.2 Å². The zero-order chi connectivity index (χ0) is 25.7. The SMILES string of the molecule is CS(=O)(=O)c1cccc(C(=O)NC(CC2CCCCC2)C(=O)NCCN2CCc3cc(F)ccc32)c1. The molecule has 9 heteroatoms. The lowest BCUT2D eigenvalue weighted by Crippen LogP contribution is -2.49. The van der Waals surface area contributed by atoms with Gasteiger partial charge in [-0.05, 0) is 60.7 Å². The maximum Gasteiger partial charge on any atom is 0.251 e. The van der Waals surface area contributed by atoms with Gasteiger partial charge < -0.3 is 15.5 Å². The predicted octanol–water partition coefficient (Wildman–Crippen LogP) is 3.48. The minimum Gasteiger partial charge on any atom is -0.369 e. The highest BCUT2D eigenvalue weighted by molar-refractivity contribution is 7.90. The van der Waals surface area contributed by atoms with Crippen molar-refractivity contribution in [1.82, 2.24) is 10.6 Å². The number of sulfone groups is 1. The van der Waals surface area contributed by atoms with E-state index in [2.05, 4.69) is 15.5 Å². The summed E-state index contributed by atoms with van der Waals surface area (Å²) >= 11 is 0. The largest absolute Gasteiger partial charge is 0.369 e.